The Kier molecular flexibility index (Phi) is 4.39. The maximum Gasteiger partial charge on any atom is 0.166 e. The summed E-state index contributed by atoms with van der Waals surface area (Å²) in [4.78, 5) is 3.89. The molecule has 1 aromatic heterocycles. The highest BCUT2D eigenvalue weighted by Crippen LogP contribution is 2.16. The normalized spacial score (nSPS) is 10.4. The number of benzene rings is 1. The summed E-state index contributed by atoms with van der Waals surface area (Å²) >= 11 is 11.3. The van der Waals surface area contributed by atoms with Crippen molar-refractivity contribution in [2.75, 3.05) is 5.32 Å². The predicted molar refractivity (Wildman–Crippen MR) is 72.5 cm³/mol. The van der Waals surface area contributed by atoms with E-state index in [-0.39, 0.29) is 10.8 Å². The van der Waals surface area contributed by atoms with Crippen molar-refractivity contribution in [3.8, 4) is 0 Å². The molecule has 94 valence electrons. The predicted octanol–water partition coefficient (Wildman–Crippen LogP) is 4.23. The van der Waals surface area contributed by atoms with Crippen LogP contribution in [0, 0.1) is 5.82 Å². The minimum Gasteiger partial charge on any atom is -0.364 e. The molecule has 0 amide bonds. The van der Waals surface area contributed by atoms with Gasteiger partial charge in [0.25, 0.3) is 0 Å². The van der Waals surface area contributed by atoms with Gasteiger partial charge in [0.1, 0.15) is 0 Å². The summed E-state index contributed by atoms with van der Waals surface area (Å²) in [6, 6.07) is 9.00. The topological polar surface area (TPSA) is 24.9 Å². The van der Waals surface area contributed by atoms with Gasteiger partial charge in [-0.15, -0.1) is 11.6 Å². The zero-order valence-corrected chi connectivity index (χ0v) is 11.0. The molecule has 0 bridgehead atoms. The van der Waals surface area contributed by atoms with Crippen LogP contribution in [0.2, 0.25) is 5.02 Å². The fourth-order valence-electron chi connectivity index (χ4n) is 1.48. The van der Waals surface area contributed by atoms with Gasteiger partial charge in [0.15, 0.2) is 11.6 Å². The fourth-order valence-corrected chi connectivity index (χ4v) is 1.80. The van der Waals surface area contributed by atoms with E-state index in [0.717, 1.165) is 11.1 Å². The Balaban J connectivity index is 2.02. The first-order chi connectivity index (χ1) is 8.69. The third-order valence-corrected chi connectivity index (χ3v) is 2.96. The fraction of sp³-hybridized carbons (Fsp3) is 0.154. The van der Waals surface area contributed by atoms with E-state index < -0.39 is 5.82 Å². The third kappa shape index (κ3) is 3.34. The maximum absolute atomic E-state index is 13.4. The summed E-state index contributed by atoms with van der Waals surface area (Å²) in [6.45, 7) is 0.494. The quantitative estimate of drug-likeness (QED) is 0.850. The van der Waals surface area contributed by atoms with E-state index in [0.29, 0.717) is 12.4 Å². The Labute approximate surface area is 115 Å². The summed E-state index contributed by atoms with van der Waals surface area (Å²) in [5.41, 5.74) is 2.08. The van der Waals surface area contributed by atoms with Crippen LogP contribution in [0.15, 0.2) is 36.5 Å². The second kappa shape index (κ2) is 6.03. The lowest BCUT2D eigenvalue weighted by molar-refractivity contribution is 0.624. The van der Waals surface area contributed by atoms with Gasteiger partial charge in [-0.2, -0.15) is 0 Å². The molecule has 2 nitrogen and oxygen atoms in total. The lowest BCUT2D eigenvalue weighted by Gasteiger charge is -2.07. The summed E-state index contributed by atoms with van der Waals surface area (Å²) in [7, 11) is 0. The molecule has 1 N–H and O–H groups in total. The molecule has 5 heteroatoms. The van der Waals surface area contributed by atoms with Gasteiger partial charge < -0.3 is 5.32 Å². The van der Waals surface area contributed by atoms with Crippen molar-refractivity contribution >= 4 is 29.0 Å². The number of halogens is 3. The van der Waals surface area contributed by atoms with E-state index in [4.69, 9.17) is 23.2 Å². The van der Waals surface area contributed by atoms with Crippen LogP contribution in [0.1, 0.15) is 11.1 Å². The van der Waals surface area contributed by atoms with E-state index in [1.165, 1.54) is 12.3 Å². The highest BCUT2D eigenvalue weighted by molar-refractivity contribution is 6.30. The highest BCUT2D eigenvalue weighted by atomic mass is 35.5. The van der Waals surface area contributed by atoms with Crippen LogP contribution in [-0.4, -0.2) is 4.98 Å². The number of nitrogens with zero attached hydrogens (tertiary/aromatic N) is 1. The summed E-state index contributed by atoms with van der Waals surface area (Å²) in [5, 5.41) is 3.20. The Bertz CT molecular complexity index is 529. The molecule has 18 heavy (non-hydrogen) atoms. The first-order valence-electron chi connectivity index (χ1n) is 5.38. The van der Waals surface area contributed by atoms with Crippen LogP contribution in [0.3, 0.4) is 0 Å². The van der Waals surface area contributed by atoms with Crippen LogP contribution in [0.4, 0.5) is 10.2 Å². The molecule has 0 fully saturated rings. The zero-order valence-electron chi connectivity index (χ0n) is 9.46. The number of nitrogens with one attached hydrogen (secondary N) is 1. The second-order valence-electron chi connectivity index (χ2n) is 3.79. The molecule has 1 aromatic carbocycles. The molecular formula is C13H11Cl2FN2. The molecule has 0 unspecified atom stereocenters. The molecule has 0 atom stereocenters. The van der Waals surface area contributed by atoms with E-state index in [1.54, 1.807) is 0 Å². The van der Waals surface area contributed by atoms with Crippen LogP contribution >= 0.6 is 23.2 Å². The van der Waals surface area contributed by atoms with Gasteiger partial charge in [-0.3, -0.25) is 0 Å². The van der Waals surface area contributed by atoms with E-state index >= 15 is 0 Å². The average molecular weight is 285 g/mol. The van der Waals surface area contributed by atoms with E-state index in [9.17, 15) is 4.39 Å². The molecule has 1 heterocycles. The number of hydrogen-bond donors (Lipinski definition) is 1. The van der Waals surface area contributed by atoms with Crippen molar-refractivity contribution in [3.63, 3.8) is 0 Å². The van der Waals surface area contributed by atoms with Gasteiger partial charge in [-0.05, 0) is 17.2 Å². The molecule has 0 saturated carbocycles. The molecular weight excluding hydrogens is 274 g/mol. The Morgan fingerprint density at radius 1 is 1.17 bits per heavy atom. The average Bonchev–Trinajstić information content (AvgIpc) is 2.38. The van der Waals surface area contributed by atoms with E-state index in [1.807, 2.05) is 24.3 Å². The maximum atomic E-state index is 13.4. The monoisotopic (exact) mass is 284 g/mol. The van der Waals surface area contributed by atoms with Crippen molar-refractivity contribution in [1.82, 2.24) is 4.98 Å². The number of anilines is 1. The largest absolute Gasteiger partial charge is 0.364 e. The van der Waals surface area contributed by atoms with E-state index in [2.05, 4.69) is 10.3 Å². The number of alkyl halides is 1. The van der Waals surface area contributed by atoms with Crippen LogP contribution in [0.25, 0.3) is 0 Å². The van der Waals surface area contributed by atoms with Crippen molar-refractivity contribution in [1.29, 1.82) is 0 Å². The van der Waals surface area contributed by atoms with Crippen LogP contribution < -0.4 is 5.32 Å². The van der Waals surface area contributed by atoms with Gasteiger partial charge in [-0.25, -0.2) is 9.37 Å². The van der Waals surface area contributed by atoms with Gasteiger partial charge in [0.05, 0.1) is 5.02 Å². The Morgan fingerprint density at radius 2 is 1.83 bits per heavy atom. The summed E-state index contributed by atoms with van der Waals surface area (Å²) in [5.74, 6) is 0.224. The van der Waals surface area contributed by atoms with Crippen molar-refractivity contribution in [2.45, 2.75) is 12.4 Å². The minimum absolute atomic E-state index is 0.195. The van der Waals surface area contributed by atoms with Crippen molar-refractivity contribution < 1.29 is 4.39 Å². The number of aromatic nitrogens is 1. The smallest absolute Gasteiger partial charge is 0.166 e. The third-order valence-electron chi connectivity index (χ3n) is 2.45. The molecule has 0 aliphatic carbocycles. The molecule has 0 aliphatic heterocycles. The van der Waals surface area contributed by atoms with Gasteiger partial charge in [-0.1, -0.05) is 35.9 Å². The SMILES string of the molecule is Fc1cc(Cl)cnc1NCc1ccc(CCl)cc1. The Hall–Kier alpha value is -1.32. The summed E-state index contributed by atoms with van der Waals surface area (Å²) in [6.07, 6.45) is 1.41. The van der Waals surface area contributed by atoms with Gasteiger partial charge >= 0.3 is 0 Å². The molecule has 0 spiro atoms. The second-order valence-corrected chi connectivity index (χ2v) is 4.49. The van der Waals surface area contributed by atoms with Gasteiger partial charge in [0.2, 0.25) is 0 Å². The lowest BCUT2D eigenvalue weighted by atomic mass is 10.1. The van der Waals surface area contributed by atoms with Crippen LogP contribution in [0.5, 0.6) is 0 Å². The molecule has 2 aromatic rings. The van der Waals surface area contributed by atoms with Crippen molar-refractivity contribution in [2.24, 2.45) is 0 Å². The Morgan fingerprint density at radius 3 is 2.44 bits per heavy atom. The van der Waals surface area contributed by atoms with Gasteiger partial charge in [0, 0.05) is 18.6 Å². The van der Waals surface area contributed by atoms with Crippen molar-refractivity contribution in [3.05, 3.63) is 58.5 Å². The lowest BCUT2D eigenvalue weighted by Crippen LogP contribution is -2.03. The highest BCUT2D eigenvalue weighted by Gasteiger charge is 2.04. The number of pyridine rings is 1. The molecule has 2 rings (SSSR count). The van der Waals surface area contributed by atoms with Crippen LogP contribution in [-0.2, 0) is 12.4 Å². The standard InChI is InChI=1S/C13H11Cl2FN2/c14-6-9-1-3-10(4-2-9)7-17-13-12(16)5-11(15)8-18-13/h1-5,8H,6-7H2,(H,17,18). The first kappa shape index (κ1) is 13.1. The number of hydrogen-bond acceptors (Lipinski definition) is 2. The molecule has 0 radical (unpaired) electrons. The number of rotatable bonds is 4. The molecule has 0 aliphatic rings. The first-order valence-corrected chi connectivity index (χ1v) is 6.29. The molecule has 0 saturated heterocycles. The minimum atomic E-state index is -0.458. The summed E-state index contributed by atoms with van der Waals surface area (Å²) < 4.78 is 13.4. The zero-order chi connectivity index (χ0) is 13.0.